The molecule has 2 saturated carbocycles. The number of ether oxygens (including phenoxy) is 2. The molecule has 0 spiro atoms. The average Bonchev–Trinajstić information content (AvgIpc) is 2.59. The van der Waals surface area contributed by atoms with Crippen molar-refractivity contribution in [2.75, 3.05) is 6.61 Å². The second-order valence-electron chi connectivity index (χ2n) is 8.24. The van der Waals surface area contributed by atoms with Crippen LogP contribution in [0.1, 0.15) is 65.2 Å². The second-order valence-corrected chi connectivity index (χ2v) is 8.24. The van der Waals surface area contributed by atoms with E-state index in [0.717, 1.165) is 0 Å². The van der Waals surface area contributed by atoms with Crippen molar-refractivity contribution < 1.29 is 31.8 Å². The van der Waals surface area contributed by atoms with Crippen LogP contribution >= 0.6 is 0 Å². The molecule has 0 aliphatic heterocycles. The Bertz CT molecular complexity index is 501. The third kappa shape index (κ3) is 7.39. The molecule has 9 heteroatoms. The maximum Gasteiger partial charge on any atom is 0.312 e. The molecule has 0 aromatic heterocycles. The number of halogens is 4. The molecule has 3 atom stereocenters. The van der Waals surface area contributed by atoms with Crippen LogP contribution in [0.15, 0.2) is 0 Å². The molecule has 164 valence electrons. The summed E-state index contributed by atoms with van der Waals surface area (Å²) in [4.78, 5) is 11.3. The standard InChI is InChI=1S/C19H32F4N2O3/c1-12(14-3-7-18(20,21)8-4-14)28-13(2)16(25-17(24)26)11-27-15-5-9-19(22,23)10-6-15/h12-16H,3-11H2,1-2H3,(H3,24,25,26). The summed E-state index contributed by atoms with van der Waals surface area (Å²) < 4.78 is 64.9. The van der Waals surface area contributed by atoms with Gasteiger partial charge in [-0.25, -0.2) is 22.4 Å². The molecular weight excluding hydrogens is 380 g/mol. The van der Waals surface area contributed by atoms with Crippen LogP contribution in [-0.4, -0.2) is 48.8 Å². The van der Waals surface area contributed by atoms with Crippen LogP contribution in [-0.2, 0) is 9.47 Å². The lowest BCUT2D eigenvalue weighted by Gasteiger charge is -2.35. The minimum atomic E-state index is -2.63. The van der Waals surface area contributed by atoms with Crippen LogP contribution in [0.4, 0.5) is 22.4 Å². The summed E-state index contributed by atoms with van der Waals surface area (Å²) in [5.41, 5.74) is 5.24. The highest BCUT2D eigenvalue weighted by molar-refractivity contribution is 5.72. The molecule has 3 N–H and O–H groups in total. The Kier molecular flexibility index (Phi) is 7.96. The van der Waals surface area contributed by atoms with Crippen LogP contribution in [0.25, 0.3) is 0 Å². The number of hydrogen-bond donors (Lipinski definition) is 2. The fourth-order valence-corrected chi connectivity index (χ4v) is 3.97. The first kappa shape index (κ1) is 23.2. The van der Waals surface area contributed by atoms with Crippen LogP contribution in [0, 0.1) is 5.92 Å². The first-order valence-electron chi connectivity index (χ1n) is 10.1. The van der Waals surface area contributed by atoms with Crippen molar-refractivity contribution in [2.24, 2.45) is 11.7 Å². The van der Waals surface area contributed by atoms with Gasteiger partial charge >= 0.3 is 6.03 Å². The zero-order valence-electron chi connectivity index (χ0n) is 16.6. The van der Waals surface area contributed by atoms with Gasteiger partial charge in [-0.1, -0.05) is 0 Å². The Morgan fingerprint density at radius 1 is 1.04 bits per heavy atom. The zero-order chi connectivity index (χ0) is 20.9. The SMILES string of the molecule is CC(OC(C)C(COC1CCC(F)(F)CC1)NC(N)=O)C1CCC(F)(F)CC1. The van der Waals surface area contributed by atoms with E-state index in [1.807, 2.05) is 6.92 Å². The summed E-state index contributed by atoms with van der Waals surface area (Å²) in [6, 6.07) is -1.28. The number of carbonyl (C=O) groups is 1. The van der Waals surface area contributed by atoms with Crippen LogP contribution < -0.4 is 11.1 Å². The number of alkyl halides is 4. The van der Waals surface area contributed by atoms with Crippen LogP contribution in [0.5, 0.6) is 0 Å². The fourth-order valence-electron chi connectivity index (χ4n) is 3.97. The van der Waals surface area contributed by atoms with Gasteiger partial charge < -0.3 is 20.5 Å². The van der Waals surface area contributed by atoms with Gasteiger partial charge in [-0.15, -0.1) is 0 Å². The van der Waals surface area contributed by atoms with Crippen molar-refractivity contribution in [3.8, 4) is 0 Å². The normalized spacial score (nSPS) is 26.4. The first-order valence-corrected chi connectivity index (χ1v) is 10.1. The lowest BCUT2D eigenvalue weighted by molar-refractivity contribution is -0.105. The molecule has 0 aromatic carbocycles. The highest BCUT2D eigenvalue weighted by Gasteiger charge is 2.38. The monoisotopic (exact) mass is 412 g/mol. The molecular formula is C19H32F4N2O3. The maximum absolute atomic E-state index is 13.3. The summed E-state index contributed by atoms with van der Waals surface area (Å²) in [7, 11) is 0. The fraction of sp³-hybridized carbons (Fsp3) is 0.947. The van der Waals surface area contributed by atoms with Crippen molar-refractivity contribution >= 4 is 6.03 Å². The molecule has 28 heavy (non-hydrogen) atoms. The molecule has 3 unspecified atom stereocenters. The largest absolute Gasteiger partial charge is 0.376 e. The highest BCUT2D eigenvalue weighted by atomic mass is 19.3. The minimum absolute atomic E-state index is 0.0257. The number of primary amides is 1. The summed E-state index contributed by atoms with van der Waals surface area (Å²) in [6.45, 7) is 3.69. The molecule has 0 bridgehead atoms. The van der Waals surface area contributed by atoms with E-state index in [-0.39, 0.29) is 63.3 Å². The zero-order valence-corrected chi connectivity index (χ0v) is 16.6. The highest BCUT2D eigenvalue weighted by Crippen LogP contribution is 2.38. The summed E-state index contributed by atoms with van der Waals surface area (Å²) in [6.07, 6.45) is -0.397. The van der Waals surface area contributed by atoms with Crippen LogP contribution in [0.3, 0.4) is 0 Å². The number of hydrogen-bond acceptors (Lipinski definition) is 3. The number of rotatable bonds is 8. The van der Waals surface area contributed by atoms with Gasteiger partial charge in [-0.05, 0) is 45.4 Å². The van der Waals surface area contributed by atoms with Crippen molar-refractivity contribution in [1.82, 2.24) is 5.32 Å². The topological polar surface area (TPSA) is 73.6 Å². The van der Waals surface area contributed by atoms with E-state index in [9.17, 15) is 22.4 Å². The summed E-state index contributed by atoms with van der Waals surface area (Å²) >= 11 is 0. The van der Waals surface area contributed by atoms with Crippen molar-refractivity contribution in [2.45, 2.75) is 101 Å². The lowest BCUT2D eigenvalue weighted by atomic mass is 9.83. The predicted molar refractivity (Wildman–Crippen MR) is 96.6 cm³/mol. The van der Waals surface area contributed by atoms with Crippen molar-refractivity contribution in [3.05, 3.63) is 0 Å². The maximum atomic E-state index is 13.3. The van der Waals surface area contributed by atoms with Gasteiger partial charge in [0.1, 0.15) is 0 Å². The Labute approximate surface area is 163 Å². The Morgan fingerprint density at radius 2 is 1.54 bits per heavy atom. The molecule has 2 amide bonds. The Balaban J connectivity index is 1.83. The number of nitrogens with two attached hydrogens (primary N) is 1. The van der Waals surface area contributed by atoms with Crippen molar-refractivity contribution in [3.63, 3.8) is 0 Å². The van der Waals surface area contributed by atoms with Crippen LogP contribution in [0.2, 0.25) is 0 Å². The third-order valence-electron chi connectivity index (χ3n) is 5.92. The number of amides is 2. The molecule has 5 nitrogen and oxygen atoms in total. The molecule has 0 aromatic rings. The molecule has 2 aliphatic carbocycles. The average molecular weight is 412 g/mol. The quantitative estimate of drug-likeness (QED) is 0.586. The third-order valence-corrected chi connectivity index (χ3v) is 5.92. The van der Waals surface area contributed by atoms with Gasteiger partial charge in [0.15, 0.2) is 0 Å². The van der Waals surface area contributed by atoms with E-state index in [2.05, 4.69) is 5.32 Å². The number of urea groups is 1. The number of nitrogens with one attached hydrogen (secondary N) is 1. The van der Waals surface area contributed by atoms with Gasteiger partial charge in [0.2, 0.25) is 11.8 Å². The molecule has 0 heterocycles. The summed E-state index contributed by atoms with van der Waals surface area (Å²) in [5.74, 6) is -5.20. The predicted octanol–water partition coefficient (Wildman–Crippen LogP) is 4.24. The molecule has 2 fully saturated rings. The number of carbonyl (C=O) groups excluding carboxylic acids is 1. The van der Waals surface area contributed by atoms with Crippen molar-refractivity contribution in [1.29, 1.82) is 0 Å². The molecule has 2 rings (SSSR count). The lowest BCUT2D eigenvalue weighted by Crippen LogP contribution is -2.50. The Morgan fingerprint density at radius 3 is 2.04 bits per heavy atom. The van der Waals surface area contributed by atoms with E-state index >= 15 is 0 Å². The van der Waals surface area contributed by atoms with Gasteiger partial charge in [-0.2, -0.15) is 0 Å². The molecule has 0 saturated heterocycles. The van der Waals surface area contributed by atoms with Gasteiger partial charge in [-0.3, -0.25) is 0 Å². The summed E-state index contributed by atoms with van der Waals surface area (Å²) in [5, 5.41) is 2.58. The van der Waals surface area contributed by atoms with E-state index < -0.39 is 30.0 Å². The smallest absolute Gasteiger partial charge is 0.312 e. The van der Waals surface area contributed by atoms with E-state index in [1.165, 1.54) is 0 Å². The van der Waals surface area contributed by atoms with E-state index in [1.54, 1.807) is 6.92 Å². The van der Waals surface area contributed by atoms with E-state index in [4.69, 9.17) is 15.2 Å². The van der Waals surface area contributed by atoms with Gasteiger partial charge in [0, 0.05) is 25.7 Å². The molecule has 2 aliphatic rings. The Hall–Kier alpha value is -1.09. The van der Waals surface area contributed by atoms with Gasteiger partial charge in [0.25, 0.3) is 0 Å². The second kappa shape index (κ2) is 9.61. The minimum Gasteiger partial charge on any atom is -0.376 e. The van der Waals surface area contributed by atoms with E-state index in [0.29, 0.717) is 12.8 Å². The first-order chi connectivity index (χ1) is 13.0. The van der Waals surface area contributed by atoms with Gasteiger partial charge in [0.05, 0.1) is 31.0 Å². The molecule has 0 radical (unpaired) electrons.